The van der Waals surface area contributed by atoms with Crippen LogP contribution in [0.5, 0.6) is 0 Å². The minimum atomic E-state index is -0.0118. The van der Waals surface area contributed by atoms with Gasteiger partial charge in [-0.3, -0.25) is 0 Å². The predicted octanol–water partition coefficient (Wildman–Crippen LogP) is 3.67. The van der Waals surface area contributed by atoms with E-state index in [4.69, 9.17) is 4.98 Å². The zero-order valence-electron chi connectivity index (χ0n) is 13.0. The number of hydrogen-bond acceptors (Lipinski definition) is 3. The van der Waals surface area contributed by atoms with Crippen molar-refractivity contribution in [2.24, 2.45) is 0 Å². The summed E-state index contributed by atoms with van der Waals surface area (Å²) in [6, 6.07) is 0. The lowest BCUT2D eigenvalue weighted by Gasteiger charge is -2.19. The van der Waals surface area contributed by atoms with Gasteiger partial charge in [0.1, 0.15) is 17.7 Å². The van der Waals surface area contributed by atoms with Gasteiger partial charge in [-0.05, 0) is 5.92 Å². The van der Waals surface area contributed by atoms with E-state index in [0.717, 1.165) is 22.7 Å². The molecule has 0 radical (unpaired) electrons. The maximum absolute atomic E-state index is 4.82. The molecule has 0 aliphatic rings. The van der Waals surface area contributed by atoms with Crippen molar-refractivity contribution in [3.05, 3.63) is 23.5 Å². The highest BCUT2D eigenvalue weighted by Crippen LogP contribution is 2.31. The van der Waals surface area contributed by atoms with E-state index in [0.29, 0.717) is 11.8 Å². The molecule has 0 saturated heterocycles. The number of imidazole rings is 1. The molecule has 4 heteroatoms. The minimum absolute atomic E-state index is 0.0118. The zero-order chi connectivity index (χ0) is 14.4. The van der Waals surface area contributed by atoms with Gasteiger partial charge < -0.3 is 0 Å². The molecule has 2 heterocycles. The van der Waals surface area contributed by atoms with E-state index in [1.807, 2.05) is 4.52 Å². The van der Waals surface area contributed by atoms with E-state index in [1.165, 1.54) is 0 Å². The van der Waals surface area contributed by atoms with Crippen LogP contribution in [0.2, 0.25) is 0 Å². The van der Waals surface area contributed by atoms with E-state index in [-0.39, 0.29) is 5.41 Å². The van der Waals surface area contributed by atoms with Crippen LogP contribution in [0.3, 0.4) is 0 Å². The summed E-state index contributed by atoms with van der Waals surface area (Å²) in [6.45, 7) is 15.2. The first kappa shape index (κ1) is 14.0. The summed E-state index contributed by atoms with van der Waals surface area (Å²) in [7, 11) is 0. The highest BCUT2D eigenvalue weighted by Gasteiger charge is 2.26. The monoisotopic (exact) mass is 260 g/mol. The average Bonchev–Trinajstić information content (AvgIpc) is 2.66. The second kappa shape index (κ2) is 4.58. The van der Waals surface area contributed by atoms with Crippen LogP contribution in [0.4, 0.5) is 0 Å². The van der Waals surface area contributed by atoms with Crippen LogP contribution in [0.1, 0.15) is 77.5 Å². The third kappa shape index (κ3) is 2.36. The number of nitrogens with zero attached hydrogens (tertiary/aromatic N) is 4. The molecular formula is C15H24N4. The van der Waals surface area contributed by atoms with Gasteiger partial charge in [-0.1, -0.05) is 48.5 Å². The molecule has 0 saturated carbocycles. The van der Waals surface area contributed by atoms with Crippen molar-refractivity contribution in [2.75, 3.05) is 0 Å². The smallest absolute Gasteiger partial charge is 0.136 e. The van der Waals surface area contributed by atoms with Crippen LogP contribution in [-0.4, -0.2) is 19.6 Å². The van der Waals surface area contributed by atoms with E-state index < -0.39 is 0 Å². The second-order valence-electron chi connectivity index (χ2n) is 6.78. The molecule has 19 heavy (non-hydrogen) atoms. The summed E-state index contributed by atoms with van der Waals surface area (Å²) in [6.07, 6.45) is 1.64. The van der Waals surface area contributed by atoms with Crippen LogP contribution in [0, 0.1) is 0 Å². The molecule has 0 spiro atoms. The Morgan fingerprint density at radius 3 is 2.16 bits per heavy atom. The molecule has 104 valence electrons. The first-order chi connectivity index (χ1) is 8.73. The van der Waals surface area contributed by atoms with E-state index in [9.17, 15) is 0 Å². The minimum Gasteiger partial charge on any atom is -0.237 e. The van der Waals surface area contributed by atoms with Gasteiger partial charge in [0.25, 0.3) is 0 Å². The van der Waals surface area contributed by atoms with Crippen molar-refractivity contribution in [2.45, 2.75) is 65.7 Å². The molecule has 0 N–H and O–H groups in total. The van der Waals surface area contributed by atoms with Gasteiger partial charge in [0, 0.05) is 11.3 Å². The molecule has 4 nitrogen and oxygen atoms in total. The molecule has 0 aliphatic carbocycles. The van der Waals surface area contributed by atoms with Gasteiger partial charge in [-0.25, -0.2) is 14.5 Å². The summed E-state index contributed by atoms with van der Waals surface area (Å²) in [5, 5.41) is 4.42. The Kier molecular flexibility index (Phi) is 3.37. The normalized spacial score (nSPS) is 12.9. The molecule has 0 aliphatic heterocycles. The molecule has 2 rings (SSSR count). The molecule has 0 unspecified atom stereocenters. The van der Waals surface area contributed by atoms with Crippen molar-refractivity contribution < 1.29 is 0 Å². The lowest BCUT2D eigenvalue weighted by atomic mass is 9.90. The van der Waals surface area contributed by atoms with E-state index in [1.54, 1.807) is 6.33 Å². The largest absolute Gasteiger partial charge is 0.237 e. The summed E-state index contributed by atoms with van der Waals surface area (Å²) < 4.78 is 1.98. The number of hydrogen-bond donors (Lipinski definition) is 0. The maximum atomic E-state index is 4.82. The topological polar surface area (TPSA) is 43.1 Å². The highest BCUT2D eigenvalue weighted by atomic mass is 15.3. The van der Waals surface area contributed by atoms with Crippen LogP contribution in [0.15, 0.2) is 6.33 Å². The van der Waals surface area contributed by atoms with Gasteiger partial charge in [-0.15, -0.1) is 0 Å². The average molecular weight is 260 g/mol. The first-order valence-electron chi connectivity index (χ1n) is 6.97. The molecule has 0 bridgehead atoms. The predicted molar refractivity (Wildman–Crippen MR) is 77.7 cm³/mol. The quantitative estimate of drug-likeness (QED) is 0.827. The Bertz CT molecular complexity index is 588. The van der Waals surface area contributed by atoms with Gasteiger partial charge >= 0.3 is 0 Å². The summed E-state index contributed by atoms with van der Waals surface area (Å²) in [4.78, 5) is 9.34. The molecular weight excluding hydrogens is 236 g/mol. The van der Waals surface area contributed by atoms with Crippen LogP contribution >= 0.6 is 0 Å². The Hall–Kier alpha value is -1.45. The lowest BCUT2D eigenvalue weighted by Crippen LogP contribution is -2.17. The Balaban J connectivity index is 2.87. The lowest BCUT2D eigenvalue weighted by molar-refractivity contribution is 0.563. The Labute approximate surface area is 115 Å². The molecule has 0 fully saturated rings. The van der Waals surface area contributed by atoms with E-state index in [2.05, 4.69) is 58.5 Å². The van der Waals surface area contributed by atoms with Crippen molar-refractivity contribution in [3.63, 3.8) is 0 Å². The number of aromatic nitrogens is 4. The summed E-state index contributed by atoms with van der Waals surface area (Å²) in [5.74, 6) is 1.74. The van der Waals surface area contributed by atoms with Crippen LogP contribution in [-0.2, 0) is 5.41 Å². The third-order valence-electron chi connectivity index (χ3n) is 3.26. The number of fused-ring (bicyclic) bond motifs is 1. The standard InChI is InChI=1S/C15H24N4/c1-9(2)11-12-13(15(5,6)7)16-8-17-19(12)14(18-11)10(3)4/h8-10H,1-7H3. The second-order valence-corrected chi connectivity index (χ2v) is 6.78. The van der Waals surface area contributed by atoms with Gasteiger partial charge in [0.15, 0.2) is 0 Å². The SMILES string of the molecule is CC(C)c1nc(C(C)C)n2ncnc(C(C)(C)C)c12. The van der Waals surface area contributed by atoms with Crippen LogP contribution in [0.25, 0.3) is 5.52 Å². The van der Waals surface area contributed by atoms with Crippen molar-refractivity contribution in [3.8, 4) is 0 Å². The maximum Gasteiger partial charge on any atom is 0.136 e. The van der Waals surface area contributed by atoms with Crippen molar-refractivity contribution >= 4 is 5.52 Å². The molecule has 0 aromatic carbocycles. The van der Waals surface area contributed by atoms with Gasteiger partial charge in [0.2, 0.25) is 0 Å². The molecule has 0 atom stereocenters. The summed E-state index contributed by atoms with van der Waals surface area (Å²) in [5.41, 5.74) is 3.26. The Morgan fingerprint density at radius 1 is 1.05 bits per heavy atom. The van der Waals surface area contributed by atoms with E-state index >= 15 is 0 Å². The number of rotatable bonds is 2. The molecule has 2 aromatic rings. The van der Waals surface area contributed by atoms with Gasteiger partial charge in [-0.2, -0.15) is 5.10 Å². The van der Waals surface area contributed by atoms with Crippen molar-refractivity contribution in [1.29, 1.82) is 0 Å². The fourth-order valence-corrected chi connectivity index (χ4v) is 2.31. The fraction of sp³-hybridized carbons (Fsp3) is 0.667. The zero-order valence-corrected chi connectivity index (χ0v) is 13.0. The molecule has 0 amide bonds. The highest BCUT2D eigenvalue weighted by molar-refractivity contribution is 5.60. The summed E-state index contributed by atoms with van der Waals surface area (Å²) >= 11 is 0. The van der Waals surface area contributed by atoms with Crippen molar-refractivity contribution in [1.82, 2.24) is 19.6 Å². The first-order valence-corrected chi connectivity index (χ1v) is 6.97. The molecule has 2 aromatic heterocycles. The Morgan fingerprint density at radius 2 is 1.68 bits per heavy atom. The third-order valence-corrected chi connectivity index (χ3v) is 3.26. The van der Waals surface area contributed by atoms with Gasteiger partial charge in [0.05, 0.1) is 11.4 Å². The van der Waals surface area contributed by atoms with Crippen LogP contribution < -0.4 is 0 Å². The fourth-order valence-electron chi connectivity index (χ4n) is 2.31.